The molecule has 4 nitrogen and oxygen atoms in total. The van der Waals surface area contributed by atoms with E-state index in [1.165, 1.54) is 0 Å². The summed E-state index contributed by atoms with van der Waals surface area (Å²) in [6.45, 7) is 5.24. The second-order valence-corrected chi connectivity index (χ2v) is 4.90. The van der Waals surface area contributed by atoms with Gasteiger partial charge in [0.2, 0.25) is 0 Å². The molecule has 0 bridgehead atoms. The molecule has 0 aliphatic heterocycles. The van der Waals surface area contributed by atoms with Crippen LogP contribution in [0.15, 0.2) is 48.5 Å². The molecule has 0 aromatic heterocycles. The van der Waals surface area contributed by atoms with Crippen LogP contribution in [0.2, 0.25) is 0 Å². The first-order valence-corrected chi connectivity index (χ1v) is 7.65. The van der Waals surface area contributed by atoms with Crippen LogP contribution >= 0.6 is 12.2 Å². The second kappa shape index (κ2) is 11.0. The Bertz CT molecular complexity index is 555. The molecule has 0 heterocycles. The fraction of sp³-hybridized carbons (Fsp3) is 0.235. The summed E-state index contributed by atoms with van der Waals surface area (Å²) in [5, 5.41) is 6.80. The van der Waals surface area contributed by atoms with Gasteiger partial charge in [-0.1, -0.05) is 0 Å². The van der Waals surface area contributed by atoms with Gasteiger partial charge in [-0.05, 0) is 74.6 Å². The third-order valence-electron chi connectivity index (χ3n) is 2.85. The molecule has 0 saturated carbocycles. The van der Waals surface area contributed by atoms with Crippen LogP contribution in [-0.4, -0.2) is 18.3 Å². The maximum Gasteiger partial charge on any atom is 1.00 e. The molecule has 2 rings (SSSR count). The summed E-state index contributed by atoms with van der Waals surface area (Å²) in [5.74, 6) is 1.69. The molecule has 2 N–H and O–H groups in total. The van der Waals surface area contributed by atoms with Crippen LogP contribution in [0.25, 0.3) is 0 Å². The van der Waals surface area contributed by atoms with Crippen molar-refractivity contribution in [1.82, 2.24) is 0 Å². The second-order valence-electron chi connectivity index (χ2n) is 4.49. The quantitative estimate of drug-likeness (QED) is 0.605. The summed E-state index contributed by atoms with van der Waals surface area (Å²) >= 11 is 5.30. The van der Waals surface area contributed by atoms with Crippen molar-refractivity contribution in [2.45, 2.75) is 13.8 Å². The Kier molecular flexibility index (Phi) is 9.77. The molecule has 2 aromatic carbocycles. The van der Waals surface area contributed by atoms with Crippen molar-refractivity contribution >= 4 is 28.7 Å². The smallest absolute Gasteiger partial charge is 1.00 e. The van der Waals surface area contributed by atoms with Gasteiger partial charge in [0, 0.05) is 11.4 Å². The number of hydrogen-bond donors (Lipinski definition) is 2. The Labute approximate surface area is 186 Å². The van der Waals surface area contributed by atoms with Crippen molar-refractivity contribution < 1.29 is 62.3 Å². The standard InChI is InChI=1S/C17H20N2O2S.K.H/c1-3-20-15-9-5-13(6-10-15)18-17(22)19-14-7-11-16(12-8-14)21-4-2;;/h5-12H,3-4H2,1-2H3,(H2,18,19,22);;/q;+1;-1. The van der Waals surface area contributed by atoms with Crippen LogP contribution in [-0.2, 0) is 0 Å². The molecule has 6 heteroatoms. The number of anilines is 2. The number of benzene rings is 2. The van der Waals surface area contributed by atoms with Crippen LogP contribution in [0.1, 0.15) is 15.3 Å². The van der Waals surface area contributed by atoms with Gasteiger partial charge in [0.05, 0.1) is 13.2 Å². The van der Waals surface area contributed by atoms with E-state index < -0.39 is 0 Å². The maximum atomic E-state index is 5.40. The number of thiocarbonyl (C=S) groups is 1. The topological polar surface area (TPSA) is 42.5 Å². The van der Waals surface area contributed by atoms with Gasteiger partial charge in [-0.25, -0.2) is 0 Å². The van der Waals surface area contributed by atoms with Gasteiger partial charge >= 0.3 is 51.4 Å². The van der Waals surface area contributed by atoms with Crippen molar-refractivity contribution in [3.8, 4) is 11.5 Å². The molecule has 23 heavy (non-hydrogen) atoms. The summed E-state index contributed by atoms with van der Waals surface area (Å²) in [4.78, 5) is 0. The zero-order valence-corrected chi connectivity index (χ0v) is 17.7. The van der Waals surface area contributed by atoms with E-state index in [0.29, 0.717) is 18.3 Å². The van der Waals surface area contributed by atoms with Gasteiger partial charge in [0.15, 0.2) is 5.11 Å². The fourth-order valence-corrected chi connectivity index (χ4v) is 2.13. The summed E-state index contributed by atoms with van der Waals surface area (Å²) < 4.78 is 10.8. The zero-order chi connectivity index (χ0) is 15.8. The van der Waals surface area contributed by atoms with E-state index in [2.05, 4.69) is 10.6 Å². The zero-order valence-electron chi connectivity index (χ0n) is 14.8. The van der Waals surface area contributed by atoms with Crippen molar-refractivity contribution in [1.29, 1.82) is 0 Å². The summed E-state index contributed by atoms with van der Waals surface area (Å²) in [5.41, 5.74) is 1.82. The molecule has 0 aliphatic rings. The minimum Gasteiger partial charge on any atom is -1.00 e. The number of ether oxygens (including phenoxy) is 2. The number of hydrogen-bond acceptors (Lipinski definition) is 3. The normalized spacial score (nSPS) is 9.48. The molecule has 0 unspecified atom stereocenters. The molecular formula is C17H21KN2O2S. The Balaban J connectivity index is 0.00000264. The Morgan fingerprint density at radius 3 is 1.48 bits per heavy atom. The molecule has 118 valence electrons. The first kappa shape index (κ1) is 20.4. The molecule has 0 fully saturated rings. The van der Waals surface area contributed by atoms with Gasteiger partial charge in [-0.2, -0.15) is 0 Å². The van der Waals surface area contributed by atoms with Crippen molar-refractivity contribution in [2.24, 2.45) is 0 Å². The van der Waals surface area contributed by atoms with E-state index in [-0.39, 0.29) is 52.8 Å². The molecule has 0 amide bonds. The summed E-state index contributed by atoms with van der Waals surface area (Å²) in [6.07, 6.45) is 0. The Morgan fingerprint density at radius 1 is 0.826 bits per heavy atom. The predicted molar refractivity (Wildman–Crippen MR) is 96.2 cm³/mol. The van der Waals surface area contributed by atoms with Gasteiger partial charge in [0.25, 0.3) is 0 Å². The van der Waals surface area contributed by atoms with E-state index in [4.69, 9.17) is 21.7 Å². The minimum atomic E-state index is 0. The van der Waals surface area contributed by atoms with Crippen molar-refractivity contribution in [3.05, 3.63) is 48.5 Å². The summed E-state index contributed by atoms with van der Waals surface area (Å²) in [6, 6.07) is 15.3. The van der Waals surface area contributed by atoms with Crippen LogP contribution in [0.3, 0.4) is 0 Å². The average molecular weight is 357 g/mol. The minimum absolute atomic E-state index is 0. The van der Waals surface area contributed by atoms with E-state index in [9.17, 15) is 0 Å². The van der Waals surface area contributed by atoms with Crippen LogP contribution in [0.5, 0.6) is 11.5 Å². The Morgan fingerprint density at radius 2 is 1.17 bits per heavy atom. The average Bonchev–Trinajstić information content (AvgIpc) is 2.52. The third kappa shape index (κ3) is 7.20. The molecule has 0 saturated heterocycles. The largest absolute Gasteiger partial charge is 1.00 e. The Hall–Kier alpha value is -0.634. The fourth-order valence-electron chi connectivity index (χ4n) is 1.90. The molecule has 0 atom stereocenters. The van der Waals surface area contributed by atoms with E-state index in [1.54, 1.807) is 0 Å². The van der Waals surface area contributed by atoms with E-state index in [1.807, 2.05) is 62.4 Å². The van der Waals surface area contributed by atoms with Crippen LogP contribution < -0.4 is 71.5 Å². The number of nitrogens with one attached hydrogen (secondary N) is 2. The van der Waals surface area contributed by atoms with E-state index in [0.717, 1.165) is 22.9 Å². The van der Waals surface area contributed by atoms with Crippen molar-refractivity contribution in [3.63, 3.8) is 0 Å². The van der Waals surface area contributed by atoms with Crippen molar-refractivity contribution in [2.75, 3.05) is 23.8 Å². The monoisotopic (exact) mass is 356 g/mol. The number of rotatable bonds is 6. The molecule has 2 aromatic rings. The molecule has 0 radical (unpaired) electrons. The van der Waals surface area contributed by atoms with Gasteiger partial charge in [0.1, 0.15) is 11.5 Å². The first-order valence-electron chi connectivity index (χ1n) is 7.25. The third-order valence-corrected chi connectivity index (χ3v) is 3.05. The van der Waals surface area contributed by atoms with Gasteiger partial charge in [-0.3, -0.25) is 0 Å². The summed E-state index contributed by atoms with van der Waals surface area (Å²) in [7, 11) is 0. The SMILES string of the molecule is CCOc1ccc(NC(=S)Nc2ccc(OCC)cc2)cc1.[H-].[K+]. The van der Waals surface area contributed by atoms with Crippen LogP contribution in [0.4, 0.5) is 11.4 Å². The van der Waals surface area contributed by atoms with E-state index >= 15 is 0 Å². The predicted octanol–water partition coefficient (Wildman–Crippen LogP) is 1.41. The van der Waals surface area contributed by atoms with Crippen LogP contribution in [0, 0.1) is 0 Å². The molecular weight excluding hydrogens is 335 g/mol. The molecule has 0 aliphatic carbocycles. The van der Waals surface area contributed by atoms with Gasteiger partial charge < -0.3 is 21.5 Å². The van der Waals surface area contributed by atoms with Gasteiger partial charge in [-0.15, -0.1) is 0 Å². The molecule has 0 spiro atoms. The maximum absolute atomic E-state index is 5.40. The first-order chi connectivity index (χ1) is 10.7.